The molecule has 108 heavy (non-hydrogen) atoms. The summed E-state index contributed by atoms with van der Waals surface area (Å²) in [7, 11) is 8.27. The number of hydrogen-bond acceptors (Lipinski definition) is 15. The molecule has 0 aromatic heterocycles. The number of benzene rings is 3. The number of methoxy groups -OCH3 is 2. The van der Waals surface area contributed by atoms with Gasteiger partial charge in [-0.1, -0.05) is 111 Å². The van der Waals surface area contributed by atoms with E-state index in [1.807, 2.05) is 78.7 Å². The van der Waals surface area contributed by atoms with Crippen LogP contribution in [0.5, 0.6) is 5.75 Å². The van der Waals surface area contributed by atoms with Crippen LogP contribution in [0.2, 0.25) is 0 Å². The minimum atomic E-state index is -4.99. The van der Waals surface area contributed by atoms with Crippen molar-refractivity contribution in [3.05, 3.63) is 94.8 Å². The number of carbonyl (C=O) groups is 10. The summed E-state index contributed by atoms with van der Waals surface area (Å²) in [6, 6.07) is 6.00. The van der Waals surface area contributed by atoms with Gasteiger partial charge in [-0.25, -0.2) is 18.0 Å². The third-order valence-corrected chi connectivity index (χ3v) is 20.1. The van der Waals surface area contributed by atoms with Gasteiger partial charge >= 0.3 is 18.2 Å². The van der Waals surface area contributed by atoms with Crippen LogP contribution in [-0.2, 0) is 65.6 Å². The Kier molecular flexibility index (Phi) is 34.9. The van der Waals surface area contributed by atoms with E-state index in [1.54, 1.807) is 61.9 Å². The SMILES string of the molecule is CC[C@H](C)[C@@H]([C@@H](CC(=O)N1CCC[C@H]1[C@H](OC)[C@@H](C)C(=O)N[C@@H](Cc1ccccc1)C(=O)NCc1ccc(NC(=O)[C@H](CCCNC(N)=O)NC(=O)[C@@H](NC(=O)CCCN2CC[C@@H](C(=O)Oc3c(F)c(F)c(F)c(F)c3F)C[C@H]2C(F)(F)F)C(C)C)cc1)OC)N(C)C(=O)[C@@H](NC(=O)C(C(C)C)N(C)C)C(C)C. The van der Waals surface area contributed by atoms with Crippen molar-refractivity contribution < 1.29 is 97.3 Å². The number of esters is 1. The molecular formula is C75H108F8N12O13. The molecule has 10 amide bonds. The van der Waals surface area contributed by atoms with Gasteiger partial charge in [0.15, 0.2) is 0 Å². The van der Waals surface area contributed by atoms with Crippen molar-refractivity contribution in [2.24, 2.45) is 41.2 Å². The van der Waals surface area contributed by atoms with Crippen LogP contribution in [-0.4, -0.2) is 207 Å². The lowest BCUT2D eigenvalue weighted by atomic mass is 9.89. The minimum absolute atomic E-state index is 0.00225. The number of likely N-dealkylation sites (N-methyl/N-ethyl adjacent to an activating group) is 2. The van der Waals surface area contributed by atoms with Crippen LogP contribution in [0.15, 0.2) is 54.6 Å². The summed E-state index contributed by atoms with van der Waals surface area (Å²) in [6.45, 7) is 15.9. The second-order valence-electron chi connectivity index (χ2n) is 29.1. The Morgan fingerprint density at radius 3 is 1.82 bits per heavy atom. The maximum absolute atomic E-state index is 14.7. The lowest BCUT2D eigenvalue weighted by Gasteiger charge is -2.41. The van der Waals surface area contributed by atoms with E-state index >= 15 is 0 Å². The van der Waals surface area contributed by atoms with Crippen molar-refractivity contribution in [2.75, 3.05) is 66.9 Å². The van der Waals surface area contributed by atoms with E-state index in [0.717, 1.165) is 10.5 Å². The molecule has 3 aromatic rings. The third kappa shape index (κ3) is 25.0. The minimum Gasteiger partial charge on any atom is -0.420 e. The highest BCUT2D eigenvalue weighted by molar-refractivity contribution is 5.98. The summed E-state index contributed by atoms with van der Waals surface area (Å²) in [6.07, 6.45) is -6.79. The van der Waals surface area contributed by atoms with Gasteiger partial charge in [0, 0.05) is 59.4 Å². The number of nitrogens with two attached hydrogens (primary N) is 1. The predicted octanol–water partition coefficient (Wildman–Crippen LogP) is 7.41. The van der Waals surface area contributed by atoms with E-state index in [-0.39, 0.29) is 99.3 Å². The highest BCUT2D eigenvalue weighted by Gasteiger charge is 2.49. The summed E-state index contributed by atoms with van der Waals surface area (Å²) in [5.74, 6) is -23.8. The molecule has 0 aliphatic carbocycles. The molecule has 2 heterocycles. The number of amides is 10. The second-order valence-corrected chi connectivity index (χ2v) is 29.1. The summed E-state index contributed by atoms with van der Waals surface area (Å²) >= 11 is 0. The number of urea groups is 1. The molecule has 25 nitrogen and oxygen atoms in total. The maximum Gasteiger partial charge on any atom is 0.404 e. The van der Waals surface area contributed by atoms with E-state index in [2.05, 4.69) is 42.0 Å². The number of anilines is 1. The Morgan fingerprint density at radius 1 is 0.657 bits per heavy atom. The van der Waals surface area contributed by atoms with Gasteiger partial charge in [-0.3, -0.25) is 53.0 Å². The number of likely N-dealkylation sites (tertiary alicyclic amines) is 2. The Labute approximate surface area is 626 Å². The zero-order chi connectivity index (χ0) is 80.8. The molecular weight excluding hydrogens is 1430 g/mol. The molecule has 5 rings (SSSR count). The standard InChI is InChI=1S/C75H108F8N12O13/c1-15-43(8)64(93(12)72(103)62(41(4)5)91-71(102)63(42(6)7)92(10)11)52(106-13)38-55(97)95-34-20-25-51(95)65(107-14)44(9)67(98)89-50(36-45-22-17-16-18-23-45)68(99)86-39-46-27-29-48(30-28-46)87-69(100)49(24-19-32-85-74(84)105)88-70(101)61(40(2)3)90-54(96)26-21-33-94-35-31-47(37-53(94)75(81,82)83)73(104)108-66-59(79)57(77)56(76)58(78)60(66)80/h16-18,22-23,27-30,40-44,47,49-53,61-65H,15,19-21,24-26,31-39H2,1-14H3,(H,86,99)(H,87,100)(H,88,101)(H,89,98)(H,90,96)(H,91,102)(H3,84,85,105)/t43-,44+,47+,49-,50-,51-,52+,53-,61-,62-,63?,64-,65+/m0/s1. The van der Waals surface area contributed by atoms with Gasteiger partial charge in [-0.15, -0.1) is 0 Å². The number of primary amides is 1. The van der Waals surface area contributed by atoms with Crippen LogP contribution in [0.25, 0.3) is 0 Å². The number of nitrogens with one attached hydrogen (secondary N) is 7. The van der Waals surface area contributed by atoms with Crippen LogP contribution >= 0.6 is 0 Å². The van der Waals surface area contributed by atoms with E-state index in [4.69, 9.17) is 15.2 Å². The topological polar surface area (TPSA) is 322 Å². The molecule has 602 valence electrons. The van der Waals surface area contributed by atoms with Crippen molar-refractivity contribution in [1.82, 2.24) is 51.5 Å². The van der Waals surface area contributed by atoms with E-state index in [9.17, 15) is 83.1 Å². The second kappa shape index (κ2) is 41.9. The molecule has 3 aromatic carbocycles. The highest BCUT2D eigenvalue weighted by atomic mass is 19.4. The third-order valence-electron chi connectivity index (χ3n) is 20.1. The smallest absolute Gasteiger partial charge is 0.404 e. The first-order chi connectivity index (χ1) is 50.8. The van der Waals surface area contributed by atoms with Crippen molar-refractivity contribution in [3.8, 4) is 5.75 Å². The maximum atomic E-state index is 14.7. The average molecular weight is 1540 g/mol. The first kappa shape index (κ1) is 90.1. The van der Waals surface area contributed by atoms with Gasteiger partial charge in [-0.05, 0) is 119 Å². The fraction of sp³-hybridized carbons (Fsp3) is 0.627. The number of ether oxygens (including phenoxy) is 3. The summed E-state index contributed by atoms with van der Waals surface area (Å²) in [4.78, 5) is 143. The van der Waals surface area contributed by atoms with Gasteiger partial charge in [0.2, 0.25) is 82.1 Å². The zero-order valence-electron chi connectivity index (χ0n) is 63.9. The molecule has 2 aliphatic heterocycles. The van der Waals surface area contributed by atoms with Crippen LogP contribution in [0, 0.1) is 64.6 Å². The number of nitrogens with zero attached hydrogens (tertiary/aromatic N) is 4. The highest BCUT2D eigenvalue weighted by Crippen LogP contribution is 2.38. The molecule has 13 atom stereocenters. The van der Waals surface area contributed by atoms with E-state index in [0.29, 0.717) is 31.4 Å². The molecule has 1 unspecified atom stereocenters. The Balaban J connectivity index is 1.21. The first-order valence-electron chi connectivity index (χ1n) is 36.6. The Hall–Kier alpha value is -8.56. The zero-order valence-corrected chi connectivity index (χ0v) is 63.9. The number of piperidine rings is 1. The van der Waals surface area contributed by atoms with Crippen LogP contribution in [0.1, 0.15) is 138 Å². The van der Waals surface area contributed by atoms with Crippen molar-refractivity contribution in [1.29, 1.82) is 0 Å². The molecule has 0 spiro atoms. The van der Waals surface area contributed by atoms with Crippen LogP contribution < -0.4 is 47.7 Å². The van der Waals surface area contributed by atoms with Gasteiger partial charge in [0.1, 0.15) is 30.2 Å². The number of alkyl halides is 3. The summed E-state index contributed by atoms with van der Waals surface area (Å²) in [5.41, 5.74) is 6.81. The largest absolute Gasteiger partial charge is 0.420 e. The molecule has 2 aliphatic rings. The molecule has 0 bridgehead atoms. The predicted molar refractivity (Wildman–Crippen MR) is 385 cm³/mol. The molecule has 2 fully saturated rings. The lowest BCUT2D eigenvalue weighted by molar-refractivity contribution is -0.197. The number of carbonyl (C=O) groups excluding carboxylic acids is 10. The molecule has 0 saturated carbocycles. The average Bonchev–Trinajstić information content (AvgIpc) is 1.49. The summed E-state index contributed by atoms with van der Waals surface area (Å²) < 4.78 is 129. The quantitative estimate of drug-likeness (QED) is 0.00688. The van der Waals surface area contributed by atoms with Gasteiger partial charge in [-0.2, -0.15) is 22.0 Å². The molecule has 33 heteroatoms. The van der Waals surface area contributed by atoms with Crippen molar-refractivity contribution in [2.45, 2.75) is 206 Å². The number of hydrogen-bond donors (Lipinski definition) is 8. The lowest BCUT2D eigenvalue weighted by Crippen LogP contribution is -2.59. The molecule has 2 saturated heterocycles. The van der Waals surface area contributed by atoms with Crippen LogP contribution in [0.4, 0.5) is 45.6 Å². The monoisotopic (exact) mass is 1540 g/mol. The van der Waals surface area contributed by atoms with E-state index in [1.165, 1.54) is 26.4 Å². The summed E-state index contributed by atoms with van der Waals surface area (Å²) in [5, 5.41) is 19.2. The van der Waals surface area contributed by atoms with Crippen molar-refractivity contribution >= 4 is 64.9 Å². The normalized spacial score (nSPS) is 18.4. The van der Waals surface area contributed by atoms with E-state index < -0.39 is 180 Å². The number of halogens is 8. The van der Waals surface area contributed by atoms with Gasteiger partial charge < -0.3 is 67.0 Å². The fourth-order valence-electron chi connectivity index (χ4n) is 14.0. The van der Waals surface area contributed by atoms with Gasteiger partial charge in [0.05, 0.1) is 48.6 Å². The molecule has 0 radical (unpaired) electrons. The fourth-order valence-corrected chi connectivity index (χ4v) is 14.0. The van der Waals surface area contributed by atoms with Gasteiger partial charge in [0.25, 0.3) is 0 Å². The van der Waals surface area contributed by atoms with Crippen molar-refractivity contribution in [3.63, 3.8) is 0 Å². The van der Waals surface area contributed by atoms with Crippen LogP contribution in [0.3, 0.4) is 0 Å². The number of rotatable bonds is 39. The Morgan fingerprint density at radius 2 is 1.27 bits per heavy atom. The first-order valence-corrected chi connectivity index (χ1v) is 36.6. The molecule has 9 N–H and O–H groups in total. The Bertz CT molecular complexity index is 3510.